The van der Waals surface area contributed by atoms with E-state index in [2.05, 4.69) is 10.2 Å². The molecule has 124 valence electrons. The lowest BCUT2D eigenvalue weighted by Gasteiger charge is -2.34. The summed E-state index contributed by atoms with van der Waals surface area (Å²) in [5, 5.41) is 12.1. The molecule has 2 N–H and O–H groups in total. The van der Waals surface area contributed by atoms with Crippen molar-refractivity contribution in [3.8, 4) is 0 Å². The number of fused-ring (bicyclic) bond motifs is 1. The summed E-state index contributed by atoms with van der Waals surface area (Å²) in [5.74, 6) is -1.11. The number of nitrogens with zero attached hydrogens (tertiary/aromatic N) is 2. The number of anilines is 2. The summed E-state index contributed by atoms with van der Waals surface area (Å²) in [4.78, 5) is 27.5. The van der Waals surface area contributed by atoms with Crippen molar-refractivity contribution >= 4 is 23.4 Å². The zero-order valence-electron chi connectivity index (χ0n) is 13.6. The molecule has 0 spiro atoms. The van der Waals surface area contributed by atoms with Gasteiger partial charge in [0.25, 0.3) is 0 Å². The van der Waals surface area contributed by atoms with Crippen LogP contribution in [0.15, 0.2) is 18.2 Å². The van der Waals surface area contributed by atoms with Crippen molar-refractivity contribution < 1.29 is 14.7 Å². The van der Waals surface area contributed by atoms with Gasteiger partial charge in [-0.3, -0.25) is 4.79 Å². The van der Waals surface area contributed by atoms with E-state index >= 15 is 0 Å². The quantitative estimate of drug-likeness (QED) is 0.877. The highest BCUT2D eigenvalue weighted by Crippen LogP contribution is 2.30. The minimum atomic E-state index is -0.825. The van der Waals surface area contributed by atoms with Gasteiger partial charge in [0.2, 0.25) is 0 Å². The van der Waals surface area contributed by atoms with Gasteiger partial charge >= 0.3 is 12.0 Å². The lowest BCUT2D eigenvalue weighted by molar-refractivity contribution is -0.143. The maximum absolute atomic E-state index is 12.5. The Morgan fingerprint density at radius 3 is 2.83 bits per heavy atom. The van der Waals surface area contributed by atoms with Crippen LogP contribution in [-0.4, -0.2) is 48.7 Å². The highest BCUT2D eigenvalue weighted by Gasteiger charge is 2.32. The van der Waals surface area contributed by atoms with E-state index in [1.807, 2.05) is 32.2 Å². The molecule has 3 rings (SSSR count). The van der Waals surface area contributed by atoms with Crippen LogP contribution in [0.4, 0.5) is 16.2 Å². The summed E-state index contributed by atoms with van der Waals surface area (Å²) in [6, 6.07) is 5.73. The molecule has 6 heteroatoms. The zero-order valence-corrected chi connectivity index (χ0v) is 13.6. The summed E-state index contributed by atoms with van der Waals surface area (Å²) < 4.78 is 0. The minimum Gasteiger partial charge on any atom is -0.481 e. The van der Waals surface area contributed by atoms with E-state index in [0.717, 1.165) is 24.3 Å². The minimum absolute atomic E-state index is 0.196. The topological polar surface area (TPSA) is 72.9 Å². The van der Waals surface area contributed by atoms with Crippen LogP contribution in [0.2, 0.25) is 0 Å². The molecule has 2 amide bonds. The van der Waals surface area contributed by atoms with E-state index in [4.69, 9.17) is 0 Å². The number of piperidine rings is 1. The molecule has 1 aromatic carbocycles. The molecular weight excluding hydrogens is 294 g/mol. The number of likely N-dealkylation sites (tertiary alicyclic amines) is 1. The van der Waals surface area contributed by atoms with E-state index in [1.165, 1.54) is 5.56 Å². The maximum atomic E-state index is 12.5. The lowest BCUT2D eigenvalue weighted by atomic mass is 9.91. The number of aliphatic carboxylic acids is 1. The van der Waals surface area contributed by atoms with Gasteiger partial charge in [0.15, 0.2) is 0 Å². The highest BCUT2D eigenvalue weighted by molar-refractivity contribution is 5.90. The fourth-order valence-corrected chi connectivity index (χ4v) is 3.52. The first-order valence-corrected chi connectivity index (χ1v) is 8.07. The van der Waals surface area contributed by atoms with Crippen LogP contribution in [0.1, 0.15) is 18.9 Å². The second kappa shape index (κ2) is 6.10. The van der Waals surface area contributed by atoms with Gasteiger partial charge in [0.05, 0.1) is 5.92 Å². The van der Waals surface area contributed by atoms with Gasteiger partial charge in [-0.1, -0.05) is 13.0 Å². The van der Waals surface area contributed by atoms with Crippen molar-refractivity contribution in [1.82, 2.24) is 4.90 Å². The standard InChI is InChI=1S/C17H23N3O3/c1-11-7-13(16(21)22)10-20(9-11)17(23)18-14-4-3-12-5-6-19(2)15(12)8-14/h3-4,8,11,13H,5-7,9-10H2,1-2H3,(H,18,23)(H,21,22). The molecule has 0 aromatic heterocycles. The van der Waals surface area contributed by atoms with Gasteiger partial charge in [-0.25, -0.2) is 4.79 Å². The molecule has 0 radical (unpaired) electrons. The van der Waals surface area contributed by atoms with Crippen LogP contribution in [0.3, 0.4) is 0 Å². The van der Waals surface area contributed by atoms with E-state index in [9.17, 15) is 14.7 Å². The number of nitrogens with one attached hydrogen (secondary N) is 1. The third-order valence-electron chi connectivity index (χ3n) is 4.76. The molecule has 2 aliphatic rings. The van der Waals surface area contributed by atoms with Crippen molar-refractivity contribution in [2.24, 2.45) is 11.8 Å². The average Bonchev–Trinajstić information content (AvgIpc) is 2.87. The van der Waals surface area contributed by atoms with Crippen LogP contribution < -0.4 is 10.2 Å². The number of carbonyl (C=O) groups is 2. The van der Waals surface area contributed by atoms with E-state index in [0.29, 0.717) is 13.0 Å². The summed E-state index contributed by atoms with van der Waals surface area (Å²) in [6.07, 6.45) is 1.66. The Morgan fingerprint density at radius 1 is 1.30 bits per heavy atom. The Labute approximate surface area is 136 Å². The van der Waals surface area contributed by atoms with Gasteiger partial charge in [-0.2, -0.15) is 0 Å². The third-order valence-corrected chi connectivity index (χ3v) is 4.76. The van der Waals surface area contributed by atoms with E-state index in [1.54, 1.807) is 4.90 Å². The Bertz CT molecular complexity index is 632. The lowest BCUT2D eigenvalue weighted by Crippen LogP contribution is -2.47. The first-order valence-electron chi connectivity index (χ1n) is 8.07. The van der Waals surface area contributed by atoms with Crippen molar-refractivity contribution in [3.05, 3.63) is 23.8 Å². The number of rotatable bonds is 2. The van der Waals surface area contributed by atoms with Crippen molar-refractivity contribution in [3.63, 3.8) is 0 Å². The number of carboxylic acid groups (broad SMARTS) is 1. The SMILES string of the molecule is CC1CC(C(=O)O)CN(C(=O)Nc2ccc3c(c2)N(C)CC3)C1. The molecule has 2 unspecified atom stereocenters. The largest absolute Gasteiger partial charge is 0.481 e. The number of benzene rings is 1. The highest BCUT2D eigenvalue weighted by atomic mass is 16.4. The molecule has 0 saturated carbocycles. The number of hydrogen-bond donors (Lipinski definition) is 2. The second-order valence-corrected chi connectivity index (χ2v) is 6.73. The first-order chi connectivity index (χ1) is 10.9. The van der Waals surface area contributed by atoms with Crippen LogP contribution in [0.5, 0.6) is 0 Å². The molecule has 2 aliphatic heterocycles. The first kappa shape index (κ1) is 15.6. The van der Waals surface area contributed by atoms with Crippen LogP contribution in [0.25, 0.3) is 0 Å². The van der Waals surface area contributed by atoms with Gasteiger partial charge in [-0.15, -0.1) is 0 Å². The van der Waals surface area contributed by atoms with Crippen LogP contribution in [0, 0.1) is 11.8 Å². The molecular formula is C17H23N3O3. The van der Waals surface area contributed by atoms with Crippen LogP contribution >= 0.6 is 0 Å². The summed E-state index contributed by atoms with van der Waals surface area (Å²) in [6.45, 7) is 3.85. The van der Waals surface area contributed by atoms with Crippen molar-refractivity contribution in [2.45, 2.75) is 19.8 Å². The Kier molecular flexibility index (Phi) is 4.15. The average molecular weight is 317 g/mol. The predicted molar refractivity (Wildman–Crippen MR) is 88.9 cm³/mol. The van der Waals surface area contributed by atoms with Gasteiger partial charge in [0, 0.05) is 38.1 Å². The van der Waals surface area contributed by atoms with E-state index in [-0.39, 0.29) is 18.5 Å². The number of carbonyl (C=O) groups excluding carboxylic acids is 1. The van der Waals surface area contributed by atoms with Crippen molar-refractivity contribution in [1.29, 1.82) is 0 Å². The zero-order chi connectivity index (χ0) is 16.6. The fourth-order valence-electron chi connectivity index (χ4n) is 3.52. The second-order valence-electron chi connectivity index (χ2n) is 6.73. The molecule has 2 atom stereocenters. The maximum Gasteiger partial charge on any atom is 0.321 e. The Morgan fingerprint density at radius 2 is 2.09 bits per heavy atom. The van der Waals surface area contributed by atoms with Gasteiger partial charge < -0.3 is 20.2 Å². The normalized spacial score (nSPS) is 23.6. The number of carboxylic acids is 1. The number of amides is 2. The summed E-state index contributed by atoms with van der Waals surface area (Å²) in [7, 11) is 2.04. The number of hydrogen-bond acceptors (Lipinski definition) is 3. The molecule has 23 heavy (non-hydrogen) atoms. The Balaban J connectivity index is 1.69. The Hall–Kier alpha value is -2.24. The molecule has 2 heterocycles. The summed E-state index contributed by atoms with van der Waals surface area (Å²) in [5.41, 5.74) is 3.20. The molecule has 0 aliphatic carbocycles. The summed E-state index contributed by atoms with van der Waals surface area (Å²) >= 11 is 0. The molecule has 0 bridgehead atoms. The number of likely N-dealkylation sites (N-methyl/N-ethyl adjacent to an activating group) is 1. The van der Waals surface area contributed by atoms with Crippen LogP contribution in [-0.2, 0) is 11.2 Å². The van der Waals surface area contributed by atoms with Gasteiger partial charge in [-0.05, 0) is 36.5 Å². The van der Waals surface area contributed by atoms with Gasteiger partial charge in [0.1, 0.15) is 0 Å². The third kappa shape index (κ3) is 3.25. The smallest absolute Gasteiger partial charge is 0.321 e. The molecule has 1 fully saturated rings. The van der Waals surface area contributed by atoms with E-state index < -0.39 is 11.9 Å². The molecule has 1 saturated heterocycles. The monoisotopic (exact) mass is 317 g/mol. The fraction of sp³-hybridized carbons (Fsp3) is 0.529. The molecule has 1 aromatic rings. The number of urea groups is 1. The predicted octanol–water partition coefficient (Wildman–Crippen LogP) is 2.25. The molecule has 6 nitrogen and oxygen atoms in total. The van der Waals surface area contributed by atoms with Crippen molar-refractivity contribution in [2.75, 3.05) is 36.9 Å².